The van der Waals surface area contributed by atoms with Gasteiger partial charge >= 0.3 is 120 Å². The number of ether oxygens (including phenoxy) is 4. The third-order valence-electron chi connectivity index (χ3n) is 15.0. The molecule has 0 saturated carbocycles. The van der Waals surface area contributed by atoms with Crippen molar-refractivity contribution in [1.82, 2.24) is 69.1 Å². The third kappa shape index (κ3) is 180. The molecule has 0 aromatic heterocycles. The minimum absolute atomic E-state index is 0. The van der Waals surface area contributed by atoms with Crippen LogP contribution in [0.2, 0.25) is 0 Å². The molecule has 0 aliphatic heterocycles. The summed E-state index contributed by atoms with van der Waals surface area (Å²) in [5, 5.41) is 42.1. The van der Waals surface area contributed by atoms with Gasteiger partial charge in [0.1, 0.15) is 34.7 Å². The second kappa shape index (κ2) is 127. The van der Waals surface area contributed by atoms with Crippen molar-refractivity contribution in [2.24, 2.45) is 22.9 Å². The first-order valence-electron chi connectivity index (χ1n) is 44.5. The zero-order valence-corrected chi connectivity index (χ0v) is 91.2. The van der Waals surface area contributed by atoms with Crippen LogP contribution in [-0.2, 0) is 120 Å². The van der Waals surface area contributed by atoms with Crippen molar-refractivity contribution in [2.45, 2.75) is 325 Å². The number of hydrogen-bond acceptors (Lipinski definition) is 35. The number of terminal acetylenes is 3. The topological polar surface area (TPSA) is 867 Å². The van der Waals surface area contributed by atoms with Crippen molar-refractivity contribution in [3.8, 4) is 37.0 Å². The van der Waals surface area contributed by atoms with Crippen molar-refractivity contribution in [3.05, 3.63) is 0 Å². The molecule has 0 aromatic carbocycles. The zero-order valence-electron chi connectivity index (χ0n) is 87.2. The van der Waals surface area contributed by atoms with Crippen molar-refractivity contribution < 1.29 is 225 Å². The first kappa shape index (κ1) is 174. The average molecular weight is 2080 g/mol. The van der Waals surface area contributed by atoms with E-state index in [1.165, 1.54) is 6.42 Å². The van der Waals surface area contributed by atoms with E-state index in [2.05, 4.69) is 93.8 Å². The summed E-state index contributed by atoms with van der Waals surface area (Å²) >= 11 is 0. The predicted molar refractivity (Wildman–Crippen MR) is 511 cm³/mol. The van der Waals surface area contributed by atoms with E-state index in [9.17, 15) is 71.9 Å². The van der Waals surface area contributed by atoms with Crippen LogP contribution >= 0.6 is 0 Å². The minimum atomic E-state index is -0.835. The number of carboxylic acids is 1. The number of Topliss-reactive ketones (excluding diaryl/α,β-unsaturated/α-hetero) is 1. The third-order valence-corrected chi connectivity index (χ3v) is 15.0. The Morgan fingerprint density at radius 2 is 0.559 bits per heavy atom. The van der Waals surface area contributed by atoms with E-state index in [4.69, 9.17) is 114 Å². The van der Waals surface area contributed by atoms with Crippen LogP contribution in [0.3, 0.4) is 0 Å². The summed E-state index contributed by atoms with van der Waals surface area (Å²) < 4.78 is 20.2. The van der Waals surface area contributed by atoms with Gasteiger partial charge in [-0.15, -0.1) is 37.0 Å². The number of nitrogens with two attached hydrogens (primary N) is 4. The van der Waals surface area contributed by atoms with Gasteiger partial charge in [-0.2, -0.15) is 47.9 Å². The van der Waals surface area contributed by atoms with Gasteiger partial charge in [0.15, 0.2) is 0 Å². The number of hydrogen-bond donors (Lipinski definition) is 18. The molecule has 0 aromatic rings. The van der Waals surface area contributed by atoms with Gasteiger partial charge in [0.25, 0.3) is 0 Å². The fourth-order valence-electron chi connectivity index (χ4n) is 8.83. The number of unbranched alkanes of at least 4 members (excludes halogenated alkanes) is 7. The molecule has 28 N–H and O–H groups in total. The van der Waals surface area contributed by atoms with Crippen LogP contribution in [0, 0.1) is 37.0 Å². The summed E-state index contributed by atoms with van der Waals surface area (Å²) in [5.41, 5.74) is 18.9. The Morgan fingerprint density at radius 3 is 0.818 bits per heavy atom. The van der Waals surface area contributed by atoms with E-state index < -0.39 is 52.7 Å². The summed E-state index contributed by atoms with van der Waals surface area (Å²) in [6.45, 7) is 34.4. The van der Waals surface area contributed by atoms with Crippen molar-refractivity contribution >= 4 is 120 Å². The predicted octanol–water partition coefficient (Wildman–Crippen LogP) is -5.13. The number of carbonyl (C=O) groups excluding carboxylic acids is 24. The van der Waals surface area contributed by atoms with Crippen LogP contribution in [0.25, 0.3) is 0 Å². The van der Waals surface area contributed by atoms with E-state index in [0.29, 0.717) is 71.0 Å². The Hall–Kier alpha value is -11.3. The molecule has 0 radical (unpaired) electrons. The maximum atomic E-state index is 12.0. The van der Waals surface area contributed by atoms with Gasteiger partial charge in [-0.05, 0) is 199 Å². The molecule has 13 amide bonds. The molecule has 3 atom stereocenters. The number of nitrogens with one attached hydrogen (secondary N) is 13. The summed E-state index contributed by atoms with van der Waals surface area (Å²) in [5.74, 6) is 4.12. The SMILES string of the molecule is C#CCCC(=O)CCC(=O)NCCCCCNC(=O)CNC(=O)CCC#C.C#CCCC(=O)O.CC.CC(C)(C)OC(=O)NCC(=O)NCCCCCNC(=O)CNC(=O)OC(C)(C)C.CC[C@@H](N)CCCCN.CC[C@H](CCCCNC(=O)CN)NC(=O)CN.CC[C@H](CCCCNC(=O)CNC(=O)OC(C)(C)C)NC(=O)CNC(=O)OC(C)(C)C.O.O.O=C=O.O=C=O.O=C=O.O=C=O.O=C=O.[Na+].[Na+].[OH-].[OH-]. The molecule has 0 spiro atoms. The van der Waals surface area contributed by atoms with Gasteiger partial charge in [-0.25, -0.2) is 19.2 Å². The largest absolute Gasteiger partial charge is 1.00 e. The van der Waals surface area contributed by atoms with E-state index >= 15 is 0 Å². The standard InChI is InChI=1S/C21H40N4O6.C20H29N3O4.C19H36N4O6.C11H24N4O2.C7H18N2.C5H6O2.C2H6.5CO2.2Na.4H2O/c1-8-15(25-17(27)14-24-19(29)31-21(5,6)7)11-9-10-12-22-16(26)13-23-18(28)30-20(2,3)4;1-3-5-10-17(24)12-13-19(26)21-14-8-7-9-15-22-20(27)16-23-18(25)11-6-4-2;1-18(2,3)28-16(26)22-12-14(24)20-10-8-7-9-11-21-15(25)13-23-17(27)29-19(4,5)6;1-2-9(15-11(17)8-13)5-3-4-6-14-10(16)7-12;1-2-7(9)5-3-4-6-8;1-2-3-4-5(6)7;1-2;5*2-1-3;;;;;;/h15H,8-14H2,1-7H3,(H,22,26)(H,23,28)(H,24,29)(H,25,27);1-2H,5-16H2,(H,21,26)(H,22,27)(H,23,25);7-13H2,1-6H3,(H,20,24)(H,21,25)(H,22,26)(H,23,27);9H,2-8,12-13H2,1H3,(H,14,16)(H,15,17);7H,2-6,8-9H2,1H3;1H,3-4H2,(H,6,7);1-2H3;;;;;;;;4*1H2/q;;;;;;;;;;;;2*+1;;;;/p-2/t15-;;;9-;7-;;;;;;;;;;;;;/m1..11............./s1. The quantitative estimate of drug-likeness (QED) is 0.0117. The van der Waals surface area contributed by atoms with Gasteiger partial charge in [-0.1, -0.05) is 41.0 Å². The van der Waals surface area contributed by atoms with Gasteiger partial charge < -0.3 is 138 Å². The van der Waals surface area contributed by atoms with E-state index in [1.54, 1.807) is 83.1 Å². The fraction of sp³-hybridized carbons (Fsp3) is 0.711. The first-order chi connectivity index (χ1) is 64.3. The minimum Gasteiger partial charge on any atom is -0.870 e. The molecule has 0 aliphatic rings. The molecule has 0 unspecified atom stereocenters. The molecule has 0 aliphatic carbocycles. The molecule has 0 bridgehead atoms. The van der Waals surface area contributed by atoms with Gasteiger partial charge in [-0.3, -0.25) is 52.7 Å². The molecule has 0 rings (SSSR count). The molecule has 816 valence electrons. The maximum absolute atomic E-state index is 12.0. The van der Waals surface area contributed by atoms with E-state index in [0.717, 1.165) is 116 Å². The van der Waals surface area contributed by atoms with Crippen molar-refractivity contribution in [3.63, 3.8) is 0 Å². The Balaban J connectivity index is -0.0000000818. The summed E-state index contributed by atoms with van der Waals surface area (Å²) in [6.07, 6.45) is 31.6. The molecule has 143 heavy (non-hydrogen) atoms. The summed E-state index contributed by atoms with van der Waals surface area (Å²) in [6, 6.07) is 0.560. The van der Waals surface area contributed by atoms with Gasteiger partial charge in [0.05, 0.1) is 45.7 Å². The van der Waals surface area contributed by atoms with Crippen molar-refractivity contribution in [1.29, 1.82) is 0 Å². The van der Waals surface area contributed by atoms with E-state index in [-0.39, 0.29) is 254 Å². The van der Waals surface area contributed by atoms with Crippen LogP contribution < -0.4 is 151 Å². The zero-order chi connectivity index (χ0) is 108. The Labute approximate surface area is 885 Å². The molecule has 0 fully saturated rings. The summed E-state index contributed by atoms with van der Waals surface area (Å²) in [4.78, 5) is 252. The van der Waals surface area contributed by atoms with Crippen LogP contribution in [0.4, 0.5) is 19.2 Å². The normalized spacial score (nSPS) is 9.72. The van der Waals surface area contributed by atoms with Crippen LogP contribution in [0.1, 0.15) is 285 Å². The Kier molecular flexibility index (Phi) is 154. The van der Waals surface area contributed by atoms with Crippen LogP contribution in [0.15, 0.2) is 0 Å². The second-order valence-corrected chi connectivity index (χ2v) is 31.6. The second-order valence-electron chi connectivity index (χ2n) is 31.6. The molecule has 51 nitrogen and oxygen atoms in total. The summed E-state index contributed by atoms with van der Waals surface area (Å²) in [7, 11) is 0. The van der Waals surface area contributed by atoms with Gasteiger partial charge in [0, 0.05) is 102 Å². The Bertz CT molecular complexity index is 3420. The monoisotopic (exact) mass is 2070 g/mol. The smallest absolute Gasteiger partial charge is 0.870 e. The molecular weight excluding hydrogens is 1910 g/mol. The number of aliphatic carboxylic acids is 1. The van der Waals surface area contributed by atoms with Crippen LogP contribution in [0.5, 0.6) is 0 Å². The molecule has 0 heterocycles. The number of ketones is 1. The fourth-order valence-corrected chi connectivity index (χ4v) is 8.83. The van der Waals surface area contributed by atoms with Crippen LogP contribution in [-0.4, -0.2) is 279 Å². The number of carboxylic acid groups (broad SMARTS) is 1. The molecule has 0 saturated heterocycles. The molecule has 53 heteroatoms. The number of alkyl carbamates (subject to hydrolysis) is 4. The number of carbonyl (C=O) groups is 15. The number of rotatable bonds is 52. The average Bonchev–Trinajstić information content (AvgIpc) is 0.945. The van der Waals surface area contributed by atoms with E-state index in [1.807, 2.05) is 27.7 Å². The molecular formula is C90H165N17Na2O34. The maximum Gasteiger partial charge on any atom is 1.00 e. The van der Waals surface area contributed by atoms with Crippen molar-refractivity contribution in [2.75, 3.05) is 91.6 Å². The Morgan fingerprint density at radius 1 is 0.315 bits per heavy atom. The van der Waals surface area contributed by atoms with Gasteiger partial charge in [0.2, 0.25) is 53.2 Å². The first-order valence-corrected chi connectivity index (χ1v) is 44.5. The number of amides is 13.